The van der Waals surface area contributed by atoms with Crippen LogP contribution in [0.4, 0.5) is 34.1 Å². The average Bonchev–Trinajstić information content (AvgIpc) is 4.15. The number of rotatable bonds is 10. The fourth-order valence-corrected chi connectivity index (χ4v) is 11.9. The van der Waals surface area contributed by atoms with Crippen LogP contribution in [0.2, 0.25) is 0 Å². The minimum absolute atomic E-state index is 0.820. The van der Waals surface area contributed by atoms with Crippen LogP contribution in [0.5, 0.6) is 0 Å². The van der Waals surface area contributed by atoms with Gasteiger partial charge in [-0.1, -0.05) is 231 Å². The summed E-state index contributed by atoms with van der Waals surface area (Å²) >= 11 is 0. The van der Waals surface area contributed by atoms with Crippen LogP contribution in [0.3, 0.4) is 0 Å². The molecule has 0 saturated carbocycles. The van der Waals surface area contributed by atoms with Gasteiger partial charge in [-0.15, -0.1) is 0 Å². The Balaban J connectivity index is 1.12. The molecule has 3 heteroatoms. The van der Waals surface area contributed by atoms with Gasteiger partial charge in [-0.3, -0.25) is 0 Å². The van der Waals surface area contributed by atoms with Gasteiger partial charge in [0.05, 0.1) is 11.1 Å². The topological polar surface area (TPSA) is 19.6 Å². The van der Waals surface area contributed by atoms with Gasteiger partial charge >= 0.3 is 0 Å². The molecule has 0 fully saturated rings. The number of nitrogens with zero attached hydrogens (tertiary/aromatic N) is 2. The summed E-state index contributed by atoms with van der Waals surface area (Å²) < 4.78 is 7.46. The molecule has 2 aliphatic carbocycles. The van der Waals surface area contributed by atoms with Gasteiger partial charge in [0.2, 0.25) is 0 Å². The molecule has 1 aromatic heterocycles. The molecular weight excluding hydrogens is 897 g/mol. The highest BCUT2D eigenvalue weighted by molar-refractivity contribution is 6.06. The van der Waals surface area contributed by atoms with E-state index in [9.17, 15) is 0 Å². The number of fused-ring (bicyclic) bond motifs is 10. The molecule has 0 amide bonds. The van der Waals surface area contributed by atoms with E-state index >= 15 is 0 Å². The van der Waals surface area contributed by atoms with Gasteiger partial charge in [-0.2, -0.15) is 0 Å². The molecule has 1 unspecified atom stereocenters. The normalized spacial score (nSPS) is 13.7. The maximum atomic E-state index is 7.46. The fourth-order valence-electron chi connectivity index (χ4n) is 11.9. The van der Waals surface area contributed by atoms with Crippen molar-refractivity contribution in [3.8, 4) is 67.2 Å². The van der Waals surface area contributed by atoms with Crippen molar-refractivity contribution in [2.24, 2.45) is 0 Å². The molecule has 74 heavy (non-hydrogen) atoms. The van der Waals surface area contributed by atoms with Gasteiger partial charge in [0.25, 0.3) is 0 Å². The molecule has 3 nitrogen and oxygen atoms in total. The highest BCUT2D eigenvalue weighted by Crippen LogP contribution is 2.69. The quantitative estimate of drug-likeness (QED) is 0.136. The van der Waals surface area contributed by atoms with E-state index in [1.54, 1.807) is 0 Å². The lowest BCUT2D eigenvalue weighted by Gasteiger charge is -2.37. The van der Waals surface area contributed by atoms with Gasteiger partial charge in [0, 0.05) is 56.3 Å². The third kappa shape index (κ3) is 6.89. The third-order valence-corrected chi connectivity index (χ3v) is 15.0. The monoisotopic (exact) mass is 944 g/mol. The standard InChI is InChI=1S/C71H48N2O/c1-7-23-49(24-8-1)51-39-43-57(44-40-51)72(55-31-15-5-16-32-55)59-47-62-60-35-19-21-37-63(60)71(67(62)65(48-59)73(56-33-17-6-18-34-56)58-45-41-52(42-46-58)50-25-9-2-10-26-50)64-38-22-20-36-61(64)66-68(71)70(54-29-13-4-14-30-54)74-69(66)53-27-11-3-12-28-53/h1-48H. The molecule has 348 valence electrons. The molecule has 14 rings (SSSR count). The zero-order valence-electron chi connectivity index (χ0n) is 40.5. The Morgan fingerprint density at radius 3 is 1.16 bits per heavy atom. The van der Waals surface area contributed by atoms with E-state index in [-0.39, 0.29) is 0 Å². The average molecular weight is 945 g/mol. The van der Waals surface area contributed by atoms with Crippen LogP contribution >= 0.6 is 0 Å². The minimum Gasteiger partial charge on any atom is -0.455 e. The number of anilines is 6. The maximum Gasteiger partial charge on any atom is 0.142 e. The van der Waals surface area contributed by atoms with E-state index < -0.39 is 5.41 Å². The van der Waals surface area contributed by atoms with Crippen molar-refractivity contribution in [1.29, 1.82) is 0 Å². The van der Waals surface area contributed by atoms with Crippen molar-refractivity contribution in [3.05, 3.63) is 313 Å². The summed E-state index contributed by atoms with van der Waals surface area (Å²) in [6.07, 6.45) is 0. The van der Waals surface area contributed by atoms with E-state index in [1.807, 2.05) is 0 Å². The first-order valence-corrected chi connectivity index (χ1v) is 25.4. The Morgan fingerprint density at radius 2 is 0.635 bits per heavy atom. The second kappa shape index (κ2) is 17.9. The van der Waals surface area contributed by atoms with Gasteiger partial charge in [-0.25, -0.2) is 0 Å². The van der Waals surface area contributed by atoms with E-state index in [2.05, 4.69) is 301 Å². The Hall–Kier alpha value is -9.70. The number of furan rings is 1. The van der Waals surface area contributed by atoms with Gasteiger partial charge in [0.15, 0.2) is 0 Å². The highest BCUT2D eigenvalue weighted by atomic mass is 16.3. The first-order chi connectivity index (χ1) is 36.7. The molecule has 0 saturated heterocycles. The highest BCUT2D eigenvalue weighted by Gasteiger charge is 2.57. The predicted molar refractivity (Wildman–Crippen MR) is 306 cm³/mol. The van der Waals surface area contributed by atoms with Gasteiger partial charge in [0.1, 0.15) is 11.5 Å². The largest absolute Gasteiger partial charge is 0.455 e. The first kappa shape index (κ1) is 43.1. The third-order valence-electron chi connectivity index (χ3n) is 15.0. The molecular formula is C71H48N2O. The Labute approximate surface area is 432 Å². The summed E-state index contributed by atoms with van der Waals surface area (Å²) in [4.78, 5) is 4.91. The van der Waals surface area contributed by atoms with E-state index in [4.69, 9.17) is 4.42 Å². The smallest absolute Gasteiger partial charge is 0.142 e. The predicted octanol–water partition coefficient (Wildman–Crippen LogP) is 19.2. The lowest BCUT2D eigenvalue weighted by molar-refractivity contribution is 0.588. The summed E-state index contributed by atoms with van der Waals surface area (Å²) in [6, 6.07) is 106. The van der Waals surface area contributed by atoms with Crippen LogP contribution < -0.4 is 9.80 Å². The zero-order valence-corrected chi connectivity index (χ0v) is 40.5. The second-order valence-corrected chi connectivity index (χ2v) is 19.1. The van der Waals surface area contributed by atoms with E-state index in [0.29, 0.717) is 0 Å². The summed E-state index contributed by atoms with van der Waals surface area (Å²) in [5.74, 6) is 1.75. The molecule has 11 aromatic carbocycles. The van der Waals surface area contributed by atoms with Crippen molar-refractivity contribution in [3.63, 3.8) is 0 Å². The van der Waals surface area contributed by atoms with Crippen LogP contribution in [-0.2, 0) is 5.41 Å². The van der Waals surface area contributed by atoms with Gasteiger partial charge < -0.3 is 14.2 Å². The van der Waals surface area contributed by atoms with Crippen LogP contribution in [0.15, 0.2) is 296 Å². The summed E-state index contributed by atoms with van der Waals surface area (Å²) in [5.41, 5.74) is 21.8. The first-order valence-electron chi connectivity index (χ1n) is 25.4. The number of hydrogen-bond acceptors (Lipinski definition) is 3. The van der Waals surface area contributed by atoms with Crippen LogP contribution in [0.25, 0.3) is 67.2 Å². The van der Waals surface area contributed by atoms with E-state index in [0.717, 1.165) is 73.5 Å². The van der Waals surface area contributed by atoms with Crippen LogP contribution in [0, 0.1) is 0 Å². The zero-order chi connectivity index (χ0) is 49.0. The molecule has 1 atom stereocenters. The summed E-state index contributed by atoms with van der Waals surface area (Å²) in [6.45, 7) is 0. The Kier molecular flexibility index (Phi) is 10.4. The SMILES string of the molecule is c1ccc(-c2ccc(N(c3ccccc3)c3cc4c(c(N(c5ccccc5)c5ccc(-c6ccccc6)cc5)c3)C3(c5ccccc5-4)c4ccccc4-c4c(-c5ccccc5)oc(-c5ccccc5)c43)cc2)cc1. The molecule has 1 spiro atoms. The van der Waals surface area contributed by atoms with Crippen molar-refractivity contribution in [2.75, 3.05) is 9.80 Å². The molecule has 2 aliphatic rings. The lowest BCUT2D eigenvalue weighted by atomic mass is 9.69. The second-order valence-electron chi connectivity index (χ2n) is 19.1. The van der Waals surface area contributed by atoms with E-state index in [1.165, 1.54) is 50.1 Å². The molecule has 0 bridgehead atoms. The Morgan fingerprint density at radius 1 is 0.257 bits per heavy atom. The lowest BCUT2D eigenvalue weighted by Crippen LogP contribution is -2.29. The van der Waals surface area contributed by atoms with Crippen LogP contribution in [0.1, 0.15) is 22.3 Å². The summed E-state index contributed by atoms with van der Waals surface area (Å²) in [7, 11) is 0. The van der Waals surface area contributed by atoms with Crippen molar-refractivity contribution in [2.45, 2.75) is 5.41 Å². The molecule has 0 radical (unpaired) electrons. The molecule has 0 N–H and O–H groups in total. The minimum atomic E-state index is -0.820. The maximum absolute atomic E-state index is 7.46. The van der Waals surface area contributed by atoms with Crippen molar-refractivity contribution < 1.29 is 4.42 Å². The number of para-hydroxylation sites is 2. The Bertz CT molecular complexity index is 3970. The van der Waals surface area contributed by atoms with Gasteiger partial charge in [-0.05, 0) is 111 Å². The van der Waals surface area contributed by atoms with Crippen molar-refractivity contribution >= 4 is 34.1 Å². The number of hydrogen-bond donors (Lipinski definition) is 0. The molecule has 0 aliphatic heterocycles. The van der Waals surface area contributed by atoms with Crippen LogP contribution in [-0.4, -0.2) is 0 Å². The fraction of sp³-hybridized carbons (Fsp3) is 0.0141. The van der Waals surface area contributed by atoms with Crippen molar-refractivity contribution in [1.82, 2.24) is 0 Å². The summed E-state index contributed by atoms with van der Waals surface area (Å²) in [5, 5.41) is 0. The molecule has 12 aromatic rings. The number of benzene rings is 11. The molecule has 1 heterocycles.